The van der Waals surface area contributed by atoms with Crippen molar-refractivity contribution in [1.82, 2.24) is 4.98 Å². The largest absolute Gasteiger partial charge is 0.387 e. The summed E-state index contributed by atoms with van der Waals surface area (Å²) in [5, 5.41) is 9.96. The van der Waals surface area contributed by atoms with Gasteiger partial charge in [-0.2, -0.15) is 0 Å². The lowest BCUT2D eigenvalue weighted by Crippen LogP contribution is -2.21. The molecule has 1 heterocycles. The summed E-state index contributed by atoms with van der Waals surface area (Å²) < 4.78 is 0. The number of hydrogen-bond donors (Lipinski definition) is 1. The number of rotatable bonds is 1. The van der Waals surface area contributed by atoms with Crippen LogP contribution in [0.25, 0.3) is 0 Å². The maximum atomic E-state index is 9.96. The summed E-state index contributed by atoms with van der Waals surface area (Å²) in [4.78, 5) is 4.25. The molecule has 0 amide bonds. The number of hydrogen-bond acceptors (Lipinski definition) is 2. The highest BCUT2D eigenvalue weighted by molar-refractivity contribution is 5.25. The molecule has 13 heavy (non-hydrogen) atoms. The van der Waals surface area contributed by atoms with Crippen LogP contribution in [0.5, 0.6) is 0 Å². The van der Waals surface area contributed by atoms with Gasteiger partial charge in [-0.25, -0.2) is 0 Å². The standard InChI is InChI=1S/C11H15NO/c1-2-8-5-6-9-4-3-7-12-10(9)11(8)13/h3-4,7-8,11,13H,2,5-6H2,1H3. The fourth-order valence-corrected chi connectivity index (χ4v) is 2.08. The zero-order valence-corrected chi connectivity index (χ0v) is 7.90. The minimum Gasteiger partial charge on any atom is -0.387 e. The van der Waals surface area contributed by atoms with Gasteiger partial charge in [-0.05, 0) is 30.4 Å². The zero-order chi connectivity index (χ0) is 9.26. The second-order valence-electron chi connectivity index (χ2n) is 3.70. The van der Waals surface area contributed by atoms with Crippen LogP contribution in [0.3, 0.4) is 0 Å². The van der Waals surface area contributed by atoms with Crippen LogP contribution < -0.4 is 0 Å². The van der Waals surface area contributed by atoms with Crippen LogP contribution in [0.15, 0.2) is 18.3 Å². The molecule has 0 aliphatic heterocycles. The smallest absolute Gasteiger partial charge is 0.0990 e. The molecule has 0 fully saturated rings. The van der Waals surface area contributed by atoms with Gasteiger partial charge in [0.2, 0.25) is 0 Å². The molecule has 2 atom stereocenters. The maximum absolute atomic E-state index is 9.96. The minimum atomic E-state index is -0.338. The summed E-state index contributed by atoms with van der Waals surface area (Å²) in [5.74, 6) is 0.405. The van der Waals surface area contributed by atoms with Crippen molar-refractivity contribution in [3.8, 4) is 0 Å². The first-order chi connectivity index (χ1) is 6.33. The quantitative estimate of drug-likeness (QED) is 0.712. The normalized spacial score (nSPS) is 26.9. The number of aliphatic hydroxyl groups is 1. The molecule has 2 unspecified atom stereocenters. The Morgan fingerprint density at radius 1 is 1.62 bits per heavy atom. The van der Waals surface area contributed by atoms with E-state index in [2.05, 4.69) is 18.0 Å². The molecule has 0 spiro atoms. The number of nitrogens with zero attached hydrogens (tertiary/aromatic N) is 1. The van der Waals surface area contributed by atoms with Crippen molar-refractivity contribution in [2.24, 2.45) is 5.92 Å². The fraction of sp³-hybridized carbons (Fsp3) is 0.545. The van der Waals surface area contributed by atoms with Gasteiger partial charge in [0.1, 0.15) is 0 Å². The lowest BCUT2D eigenvalue weighted by Gasteiger charge is -2.27. The molecule has 1 aliphatic rings. The van der Waals surface area contributed by atoms with Crippen LogP contribution in [-0.4, -0.2) is 10.1 Å². The molecule has 0 saturated heterocycles. The molecule has 1 aliphatic carbocycles. The highest BCUT2D eigenvalue weighted by atomic mass is 16.3. The van der Waals surface area contributed by atoms with E-state index in [1.807, 2.05) is 6.07 Å². The van der Waals surface area contributed by atoms with Crippen molar-refractivity contribution in [1.29, 1.82) is 0 Å². The van der Waals surface area contributed by atoms with Crippen molar-refractivity contribution in [3.05, 3.63) is 29.6 Å². The van der Waals surface area contributed by atoms with E-state index >= 15 is 0 Å². The molecule has 1 aromatic heterocycles. The van der Waals surface area contributed by atoms with Gasteiger partial charge in [0.25, 0.3) is 0 Å². The Labute approximate surface area is 78.6 Å². The number of aliphatic hydroxyl groups excluding tert-OH is 1. The summed E-state index contributed by atoms with van der Waals surface area (Å²) in [5.41, 5.74) is 2.13. The van der Waals surface area contributed by atoms with Crippen LogP contribution in [0.1, 0.15) is 37.1 Å². The third-order valence-electron chi connectivity index (χ3n) is 2.96. The van der Waals surface area contributed by atoms with Crippen LogP contribution in [0.4, 0.5) is 0 Å². The van der Waals surface area contributed by atoms with Gasteiger partial charge in [-0.1, -0.05) is 19.4 Å². The maximum Gasteiger partial charge on any atom is 0.0990 e. The highest BCUT2D eigenvalue weighted by Gasteiger charge is 2.27. The van der Waals surface area contributed by atoms with Crippen LogP contribution in [0, 0.1) is 5.92 Å². The first-order valence-corrected chi connectivity index (χ1v) is 4.94. The third kappa shape index (κ3) is 1.46. The van der Waals surface area contributed by atoms with Crippen LogP contribution >= 0.6 is 0 Å². The topological polar surface area (TPSA) is 33.1 Å². The average Bonchev–Trinajstić information content (AvgIpc) is 2.19. The highest BCUT2D eigenvalue weighted by Crippen LogP contribution is 2.34. The second kappa shape index (κ2) is 3.46. The van der Waals surface area contributed by atoms with Gasteiger partial charge >= 0.3 is 0 Å². The Bertz CT molecular complexity index is 298. The molecule has 1 N–H and O–H groups in total. The van der Waals surface area contributed by atoms with Gasteiger partial charge in [-0.15, -0.1) is 0 Å². The van der Waals surface area contributed by atoms with E-state index in [0.29, 0.717) is 5.92 Å². The molecule has 0 saturated carbocycles. The number of fused-ring (bicyclic) bond motifs is 1. The van der Waals surface area contributed by atoms with E-state index < -0.39 is 0 Å². The van der Waals surface area contributed by atoms with Crippen molar-refractivity contribution in [2.45, 2.75) is 32.3 Å². The van der Waals surface area contributed by atoms with E-state index in [9.17, 15) is 5.11 Å². The Morgan fingerprint density at radius 2 is 2.46 bits per heavy atom. The molecular weight excluding hydrogens is 162 g/mol. The minimum absolute atomic E-state index is 0.338. The van der Waals surface area contributed by atoms with Gasteiger partial charge < -0.3 is 5.11 Å². The summed E-state index contributed by atoms with van der Waals surface area (Å²) >= 11 is 0. The Morgan fingerprint density at radius 3 is 3.23 bits per heavy atom. The van der Waals surface area contributed by atoms with Gasteiger partial charge in [0, 0.05) is 6.20 Å². The predicted octanol–water partition coefficient (Wildman–Crippen LogP) is 2.09. The molecule has 1 aromatic rings. The molecular formula is C11H15NO. The summed E-state index contributed by atoms with van der Waals surface area (Å²) in [6.45, 7) is 2.13. The van der Waals surface area contributed by atoms with Crippen LogP contribution in [-0.2, 0) is 6.42 Å². The zero-order valence-electron chi connectivity index (χ0n) is 7.90. The monoisotopic (exact) mass is 177 g/mol. The lowest BCUT2D eigenvalue weighted by molar-refractivity contribution is 0.0870. The van der Waals surface area contributed by atoms with Crippen molar-refractivity contribution >= 4 is 0 Å². The molecule has 2 heteroatoms. The fourth-order valence-electron chi connectivity index (χ4n) is 2.08. The molecule has 0 bridgehead atoms. The Kier molecular flexibility index (Phi) is 2.32. The summed E-state index contributed by atoms with van der Waals surface area (Å²) in [7, 11) is 0. The van der Waals surface area contributed by atoms with E-state index in [1.54, 1.807) is 6.20 Å². The van der Waals surface area contributed by atoms with Crippen molar-refractivity contribution in [2.75, 3.05) is 0 Å². The summed E-state index contributed by atoms with van der Waals surface area (Å²) in [6.07, 6.45) is 4.63. The molecule has 0 aromatic carbocycles. The third-order valence-corrected chi connectivity index (χ3v) is 2.96. The first-order valence-electron chi connectivity index (χ1n) is 4.94. The SMILES string of the molecule is CCC1CCc2cccnc2C1O. The van der Waals surface area contributed by atoms with Gasteiger partial charge in [-0.3, -0.25) is 4.98 Å². The molecule has 2 nitrogen and oxygen atoms in total. The Balaban J connectivity index is 2.33. The molecule has 2 rings (SSSR count). The number of aryl methyl sites for hydroxylation is 1. The Hall–Kier alpha value is -0.890. The van der Waals surface area contributed by atoms with Crippen LogP contribution in [0.2, 0.25) is 0 Å². The van der Waals surface area contributed by atoms with E-state index in [4.69, 9.17) is 0 Å². The van der Waals surface area contributed by atoms with Crippen molar-refractivity contribution in [3.63, 3.8) is 0 Å². The first kappa shape index (κ1) is 8.70. The van der Waals surface area contributed by atoms with Gasteiger partial charge in [0.15, 0.2) is 0 Å². The number of aromatic nitrogens is 1. The summed E-state index contributed by atoms with van der Waals surface area (Å²) in [6, 6.07) is 4.01. The van der Waals surface area contributed by atoms with E-state index in [0.717, 1.165) is 25.0 Å². The van der Waals surface area contributed by atoms with E-state index in [-0.39, 0.29) is 6.10 Å². The molecule has 70 valence electrons. The van der Waals surface area contributed by atoms with Crippen molar-refractivity contribution < 1.29 is 5.11 Å². The predicted molar refractivity (Wildman–Crippen MR) is 51.3 cm³/mol. The number of pyridine rings is 1. The second-order valence-corrected chi connectivity index (χ2v) is 3.70. The lowest BCUT2D eigenvalue weighted by atomic mass is 9.83. The van der Waals surface area contributed by atoms with E-state index in [1.165, 1.54) is 5.56 Å². The average molecular weight is 177 g/mol. The van der Waals surface area contributed by atoms with Gasteiger partial charge in [0.05, 0.1) is 11.8 Å². The molecule has 0 radical (unpaired) electrons.